The van der Waals surface area contributed by atoms with Crippen molar-refractivity contribution >= 4 is 17.4 Å². The highest BCUT2D eigenvalue weighted by Crippen LogP contribution is 2.36. The molecule has 1 aromatic heterocycles. The van der Waals surface area contributed by atoms with Crippen LogP contribution >= 0.6 is 0 Å². The molecule has 2 aromatic carbocycles. The number of fused-ring (bicyclic) bond motifs is 1. The van der Waals surface area contributed by atoms with Crippen molar-refractivity contribution in [3.05, 3.63) is 65.4 Å². The average molecular weight is 358 g/mol. The van der Waals surface area contributed by atoms with E-state index >= 15 is 0 Å². The molecule has 0 atom stereocenters. The van der Waals surface area contributed by atoms with E-state index in [0.717, 1.165) is 11.3 Å². The molecular formula is C20H14N4O3. The Hall–Kier alpha value is -3.92. The van der Waals surface area contributed by atoms with Gasteiger partial charge in [0.05, 0.1) is 17.2 Å². The molecule has 1 aliphatic rings. The van der Waals surface area contributed by atoms with Crippen LogP contribution in [0.4, 0.5) is 11.6 Å². The molecule has 0 aliphatic carbocycles. The van der Waals surface area contributed by atoms with Crippen molar-refractivity contribution in [3.63, 3.8) is 0 Å². The van der Waals surface area contributed by atoms with E-state index in [0.29, 0.717) is 34.5 Å². The molecule has 0 fully saturated rings. The monoisotopic (exact) mass is 358 g/mol. The van der Waals surface area contributed by atoms with Crippen molar-refractivity contribution < 1.29 is 14.3 Å². The van der Waals surface area contributed by atoms with Crippen molar-refractivity contribution in [2.45, 2.75) is 6.92 Å². The molecule has 0 saturated heterocycles. The molecule has 27 heavy (non-hydrogen) atoms. The first-order valence-corrected chi connectivity index (χ1v) is 8.22. The van der Waals surface area contributed by atoms with Crippen LogP contribution < -0.4 is 14.8 Å². The zero-order chi connectivity index (χ0) is 18.8. The zero-order valence-corrected chi connectivity index (χ0v) is 14.4. The van der Waals surface area contributed by atoms with E-state index in [2.05, 4.69) is 21.4 Å². The van der Waals surface area contributed by atoms with Crippen molar-refractivity contribution in [2.75, 3.05) is 11.9 Å². The first kappa shape index (κ1) is 16.5. The van der Waals surface area contributed by atoms with E-state index in [9.17, 15) is 4.79 Å². The van der Waals surface area contributed by atoms with Gasteiger partial charge in [0, 0.05) is 23.5 Å². The first-order valence-electron chi connectivity index (χ1n) is 8.22. The molecule has 7 nitrogen and oxygen atoms in total. The quantitative estimate of drug-likeness (QED) is 0.758. The summed E-state index contributed by atoms with van der Waals surface area (Å²) in [5.74, 6) is 1.81. The third-order valence-electron chi connectivity index (χ3n) is 4.12. The number of rotatable bonds is 4. The number of anilines is 2. The Bertz CT molecular complexity index is 1070. The van der Waals surface area contributed by atoms with Crippen LogP contribution in [0.2, 0.25) is 0 Å². The number of hydrogen-bond acceptors (Lipinski definition) is 7. The number of ether oxygens (including phenoxy) is 2. The van der Waals surface area contributed by atoms with Gasteiger partial charge in [0.1, 0.15) is 11.5 Å². The lowest BCUT2D eigenvalue weighted by atomic mass is 10.1. The van der Waals surface area contributed by atoms with E-state index in [4.69, 9.17) is 14.7 Å². The molecule has 0 bridgehead atoms. The SMILES string of the molecule is Cc1c(Oc2ccnc(Nc3ccc(C#N)cc3)n2)ccc2c1OCC2=O. The Morgan fingerprint density at radius 1 is 1.19 bits per heavy atom. The normalized spacial score (nSPS) is 12.1. The lowest BCUT2D eigenvalue weighted by Crippen LogP contribution is -1.99. The molecule has 0 spiro atoms. The van der Waals surface area contributed by atoms with Gasteiger partial charge in [-0.25, -0.2) is 4.98 Å². The Morgan fingerprint density at radius 2 is 2.00 bits per heavy atom. The van der Waals surface area contributed by atoms with Crippen molar-refractivity contribution in [1.82, 2.24) is 9.97 Å². The van der Waals surface area contributed by atoms with Crippen LogP contribution in [0.3, 0.4) is 0 Å². The second-order valence-corrected chi connectivity index (χ2v) is 5.91. The van der Waals surface area contributed by atoms with E-state index < -0.39 is 0 Å². The van der Waals surface area contributed by atoms with Gasteiger partial charge in [0.25, 0.3) is 0 Å². The number of carbonyl (C=O) groups is 1. The number of carbonyl (C=O) groups excluding carboxylic acids is 1. The standard InChI is InChI=1S/C20H14N4O3/c1-12-17(7-6-15-16(25)11-26-19(12)15)27-18-8-9-22-20(24-18)23-14-4-2-13(10-21)3-5-14/h2-9H,11H2,1H3,(H,22,23,24). The van der Waals surface area contributed by atoms with Crippen LogP contribution in [0.15, 0.2) is 48.7 Å². The molecule has 0 amide bonds. The number of ketones is 1. The lowest BCUT2D eigenvalue weighted by Gasteiger charge is -2.11. The maximum Gasteiger partial charge on any atom is 0.230 e. The number of Topliss-reactive ketones (excluding diaryl/α,β-unsaturated/α-hetero) is 1. The summed E-state index contributed by atoms with van der Waals surface area (Å²) in [6, 6.07) is 14.1. The Kier molecular flexibility index (Phi) is 4.15. The lowest BCUT2D eigenvalue weighted by molar-refractivity contribution is 0.0961. The molecule has 1 aliphatic heterocycles. The summed E-state index contributed by atoms with van der Waals surface area (Å²) in [6.45, 7) is 1.90. The topological polar surface area (TPSA) is 97.1 Å². The Morgan fingerprint density at radius 3 is 2.78 bits per heavy atom. The minimum absolute atomic E-state index is 0.0319. The minimum Gasteiger partial charge on any atom is -0.484 e. The highest BCUT2D eigenvalue weighted by molar-refractivity contribution is 6.02. The smallest absolute Gasteiger partial charge is 0.230 e. The summed E-state index contributed by atoms with van der Waals surface area (Å²) in [5, 5.41) is 11.9. The van der Waals surface area contributed by atoms with E-state index in [-0.39, 0.29) is 12.4 Å². The molecular weight excluding hydrogens is 344 g/mol. The van der Waals surface area contributed by atoms with Crippen LogP contribution in [0.1, 0.15) is 21.5 Å². The largest absolute Gasteiger partial charge is 0.484 e. The van der Waals surface area contributed by atoms with Crippen LogP contribution in [-0.2, 0) is 0 Å². The fourth-order valence-corrected chi connectivity index (χ4v) is 2.73. The predicted octanol–water partition coefficient (Wildman–Crippen LogP) is 3.77. The second kappa shape index (κ2) is 6.77. The van der Waals surface area contributed by atoms with Gasteiger partial charge in [-0.2, -0.15) is 10.2 Å². The van der Waals surface area contributed by atoms with Crippen LogP contribution in [0.5, 0.6) is 17.4 Å². The summed E-state index contributed by atoms with van der Waals surface area (Å²) in [4.78, 5) is 20.2. The molecule has 7 heteroatoms. The maximum atomic E-state index is 11.7. The predicted molar refractivity (Wildman–Crippen MR) is 97.6 cm³/mol. The maximum absolute atomic E-state index is 11.7. The van der Waals surface area contributed by atoms with Crippen molar-refractivity contribution in [1.29, 1.82) is 5.26 Å². The molecule has 2 heterocycles. The molecule has 0 saturated carbocycles. The van der Waals surface area contributed by atoms with Gasteiger partial charge in [-0.3, -0.25) is 4.79 Å². The third-order valence-corrected chi connectivity index (χ3v) is 4.12. The summed E-state index contributed by atoms with van der Waals surface area (Å²) in [6.07, 6.45) is 1.58. The third kappa shape index (κ3) is 3.28. The van der Waals surface area contributed by atoms with Gasteiger partial charge in [-0.05, 0) is 43.3 Å². The molecule has 3 aromatic rings. The van der Waals surface area contributed by atoms with Crippen LogP contribution in [0.25, 0.3) is 0 Å². The summed E-state index contributed by atoms with van der Waals surface area (Å²) in [7, 11) is 0. The number of nitrogens with one attached hydrogen (secondary N) is 1. The highest BCUT2D eigenvalue weighted by atomic mass is 16.5. The van der Waals surface area contributed by atoms with Crippen LogP contribution in [-0.4, -0.2) is 22.4 Å². The number of nitrogens with zero attached hydrogens (tertiary/aromatic N) is 3. The second-order valence-electron chi connectivity index (χ2n) is 5.91. The number of benzene rings is 2. The summed E-state index contributed by atoms with van der Waals surface area (Å²) >= 11 is 0. The summed E-state index contributed by atoms with van der Waals surface area (Å²) < 4.78 is 11.3. The van der Waals surface area contributed by atoms with Crippen molar-refractivity contribution in [2.24, 2.45) is 0 Å². The summed E-state index contributed by atoms with van der Waals surface area (Å²) in [5.41, 5.74) is 2.65. The van der Waals surface area contributed by atoms with Gasteiger partial charge < -0.3 is 14.8 Å². The van der Waals surface area contributed by atoms with Gasteiger partial charge in [-0.1, -0.05) is 0 Å². The van der Waals surface area contributed by atoms with E-state index in [1.54, 1.807) is 48.7 Å². The number of nitriles is 1. The van der Waals surface area contributed by atoms with E-state index in [1.807, 2.05) is 6.92 Å². The number of aromatic nitrogens is 2. The molecule has 0 radical (unpaired) electrons. The first-order chi connectivity index (χ1) is 13.1. The van der Waals surface area contributed by atoms with Crippen molar-refractivity contribution in [3.8, 4) is 23.4 Å². The molecule has 4 rings (SSSR count). The molecule has 132 valence electrons. The molecule has 0 unspecified atom stereocenters. The molecule has 1 N–H and O–H groups in total. The van der Waals surface area contributed by atoms with Gasteiger partial charge in [0.15, 0.2) is 6.61 Å². The Labute approximate surface area is 155 Å². The van der Waals surface area contributed by atoms with Gasteiger partial charge in [0.2, 0.25) is 17.6 Å². The van der Waals surface area contributed by atoms with Gasteiger partial charge >= 0.3 is 0 Å². The average Bonchev–Trinajstić information content (AvgIpc) is 3.07. The van der Waals surface area contributed by atoms with Crippen LogP contribution in [0, 0.1) is 18.3 Å². The highest BCUT2D eigenvalue weighted by Gasteiger charge is 2.24. The minimum atomic E-state index is -0.0319. The number of hydrogen-bond donors (Lipinski definition) is 1. The zero-order valence-electron chi connectivity index (χ0n) is 14.4. The fraction of sp³-hybridized carbons (Fsp3) is 0.100. The Balaban J connectivity index is 1.55. The fourth-order valence-electron chi connectivity index (χ4n) is 2.73. The van der Waals surface area contributed by atoms with E-state index in [1.165, 1.54) is 0 Å². The van der Waals surface area contributed by atoms with Gasteiger partial charge in [-0.15, -0.1) is 0 Å².